The molecule has 1 aromatic heterocycles. The summed E-state index contributed by atoms with van der Waals surface area (Å²) in [5, 5.41) is 2.52. The highest BCUT2D eigenvalue weighted by Gasteiger charge is 2.28. The fourth-order valence-electron chi connectivity index (χ4n) is 2.80. The maximum absolute atomic E-state index is 13.6. The summed E-state index contributed by atoms with van der Waals surface area (Å²) in [5.41, 5.74) is 0.862. The monoisotopic (exact) mass is 419 g/mol. The van der Waals surface area contributed by atoms with Crippen LogP contribution in [0.25, 0.3) is 0 Å². The Bertz CT molecular complexity index is 875. The molecule has 0 spiro atoms. The Kier molecular flexibility index (Phi) is 7.48. The molecule has 0 fully saturated rings. The first-order valence-corrected chi connectivity index (χ1v) is 9.65. The van der Waals surface area contributed by atoms with E-state index in [1.54, 1.807) is 46.1 Å². The molecule has 6 nitrogen and oxygen atoms in total. The standard InChI is InChI=1S/C22H27F2N3O3/c1-6-17-7-8-18(13-25-17)27(5)20(28)19(26-21(29)30-22(2,3)4)11-14-9-15(23)12-16(24)10-14/h7-10,12-13,19H,6,11H2,1-5H3,(H,26,29)/t19-/m0/s1. The van der Waals surface area contributed by atoms with Crippen LogP contribution in [-0.4, -0.2) is 35.7 Å². The highest BCUT2D eigenvalue weighted by Crippen LogP contribution is 2.17. The molecule has 2 rings (SSSR count). The number of carbonyl (C=O) groups excluding carboxylic acids is 2. The average Bonchev–Trinajstić information content (AvgIpc) is 2.64. The second-order valence-electron chi connectivity index (χ2n) is 7.94. The summed E-state index contributed by atoms with van der Waals surface area (Å²) >= 11 is 0. The molecule has 8 heteroatoms. The number of alkyl carbamates (subject to hydrolysis) is 1. The minimum atomic E-state index is -1.10. The van der Waals surface area contributed by atoms with E-state index in [1.165, 1.54) is 4.90 Å². The van der Waals surface area contributed by atoms with E-state index in [0.29, 0.717) is 5.69 Å². The van der Waals surface area contributed by atoms with Gasteiger partial charge in [0.1, 0.15) is 23.3 Å². The molecular weight excluding hydrogens is 392 g/mol. The van der Waals surface area contributed by atoms with Crippen LogP contribution in [0.15, 0.2) is 36.5 Å². The lowest BCUT2D eigenvalue weighted by molar-refractivity contribution is -0.120. The largest absolute Gasteiger partial charge is 0.444 e. The van der Waals surface area contributed by atoms with Crippen LogP contribution in [0.4, 0.5) is 19.3 Å². The fraction of sp³-hybridized carbons (Fsp3) is 0.409. The van der Waals surface area contributed by atoms with Crippen LogP contribution in [0.2, 0.25) is 0 Å². The number of likely N-dealkylation sites (N-methyl/N-ethyl adjacent to an activating group) is 1. The quantitative estimate of drug-likeness (QED) is 0.768. The van der Waals surface area contributed by atoms with Gasteiger partial charge in [0.2, 0.25) is 5.91 Å². The van der Waals surface area contributed by atoms with Crippen LogP contribution in [0.3, 0.4) is 0 Å². The van der Waals surface area contributed by atoms with Crippen LogP contribution >= 0.6 is 0 Å². The molecule has 0 radical (unpaired) electrons. The van der Waals surface area contributed by atoms with E-state index in [0.717, 1.165) is 30.3 Å². The lowest BCUT2D eigenvalue weighted by Gasteiger charge is -2.26. The SMILES string of the molecule is CCc1ccc(N(C)C(=O)[C@H](Cc2cc(F)cc(F)c2)NC(=O)OC(C)(C)C)cn1. The maximum atomic E-state index is 13.6. The number of aromatic nitrogens is 1. The second-order valence-corrected chi connectivity index (χ2v) is 7.94. The van der Waals surface area contributed by atoms with Crippen molar-refractivity contribution in [2.45, 2.75) is 52.2 Å². The molecule has 1 N–H and O–H groups in total. The van der Waals surface area contributed by atoms with E-state index in [9.17, 15) is 18.4 Å². The summed E-state index contributed by atoms with van der Waals surface area (Å²) in [5.74, 6) is -2.00. The van der Waals surface area contributed by atoms with Crippen LogP contribution in [0.5, 0.6) is 0 Å². The minimum Gasteiger partial charge on any atom is -0.444 e. The molecule has 30 heavy (non-hydrogen) atoms. The Labute approximate surface area is 175 Å². The Morgan fingerprint density at radius 1 is 1.17 bits per heavy atom. The van der Waals surface area contributed by atoms with Crippen molar-refractivity contribution < 1.29 is 23.1 Å². The number of nitrogens with zero attached hydrogens (tertiary/aromatic N) is 2. The average molecular weight is 419 g/mol. The smallest absolute Gasteiger partial charge is 0.408 e. The van der Waals surface area contributed by atoms with Crippen LogP contribution < -0.4 is 10.2 Å². The Hall–Kier alpha value is -3.03. The summed E-state index contributed by atoms with van der Waals surface area (Å²) in [7, 11) is 1.54. The van der Waals surface area contributed by atoms with Crippen LogP contribution in [0, 0.1) is 11.6 Å². The number of halogens is 2. The van der Waals surface area contributed by atoms with Crippen LogP contribution in [-0.2, 0) is 22.4 Å². The molecule has 2 amide bonds. The Morgan fingerprint density at radius 2 is 1.80 bits per heavy atom. The first-order valence-electron chi connectivity index (χ1n) is 9.65. The Morgan fingerprint density at radius 3 is 2.30 bits per heavy atom. The zero-order valence-electron chi connectivity index (χ0n) is 17.8. The number of pyridine rings is 1. The number of ether oxygens (including phenoxy) is 1. The van der Waals surface area contributed by atoms with Gasteiger partial charge in [-0.2, -0.15) is 0 Å². The number of hydrogen-bond acceptors (Lipinski definition) is 4. The van der Waals surface area contributed by atoms with E-state index >= 15 is 0 Å². The molecule has 0 unspecified atom stereocenters. The number of hydrogen-bond donors (Lipinski definition) is 1. The topological polar surface area (TPSA) is 71.5 Å². The van der Waals surface area contributed by atoms with Gasteiger partial charge in [0, 0.05) is 25.2 Å². The van der Waals surface area contributed by atoms with Gasteiger partial charge in [0.25, 0.3) is 0 Å². The number of nitrogens with one attached hydrogen (secondary N) is 1. The Balaban J connectivity index is 2.27. The van der Waals surface area contributed by atoms with Crippen molar-refractivity contribution in [2.24, 2.45) is 0 Å². The van der Waals surface area contributed by atoms with E-state index in [4.69, 9.17) is 4.74 Å². The molecule has 1 aromatic carbocycles. The zero-order valence-corrected chi connectivity index (χ0v) is 17.8. The minimum absolute atomic E-state index is 0.114. The van der Waals surface area contributed by atoms with Gasteiger partial charge in [0.15, 0.2) is 0 Å². The van der Waals surface area contributed by atoms with Crippen molar-refractivity contribution in [1.82, 2.24) is 10.3 Å². The van der Waals surface area contributed by atoms with Gasteiger partial charge in [-0.1, -0.05) is 6.92 Å². The first-order chi connectivity index (χ1) is 14.0. The van der Waals surface area contributed by atoms with Gasteiger partial charge < -0.3 is 15.0 Å². The molecule has 162 valence electrons. The summed E-state index contributed by atoms with van der Waals surface area (Å²) in [6.45, 7) is 7.05. The third-order valence-electron chi connectivity index (χ3n) is 4.24. The fourth-order valence-corrected chi connectivity index (χ4v) is 2.80. The maximum Gasteiger partial charge on any atom is 0.408 e. The van der Waals surface area contributed by atoms with Crippen molar-refractivity contribution in [3.05, 3.63) is 59.4 Å². The number of rotatable bonds is 6. The number of carbonyl (C=O) groups is 2. The predicted octanol–water partition coefficient (Wildman–Crippen LogP) is 4.02. The number of amides is 2. The predicted molar refractivity (Wildman–Crippen MR) is 110 cm³/mol. The molecule has 0 saturated carbocycles. The van der Waals surface area contributed by atoms with Crippen LogP contribution in [0.1, 0.15) is 39.0 Å². The number of aryl methyl sites for hydroxylation is 1. The molecule has 1 atom stereocenters. The van der Waals surface area contributed by atoms with Crippen molar-refractivity contribution in [2.75, 3.05) is 11.9 Å². The van der Waals surface area contributed by atoms with E-state index in [2.05, 4.69) is 10.3 Å². The van der Waals surface area contributed by atoms with Crippen molar-refractivity contribution in [3.8, 4) is 0 Å². The molecule has 0 bridgehead atoms. The molecular formula is C22H27F2N3O3. The molecule has 0 aliphatic rings. The van der Waals surface area contributed by atoms with Gasteiger partial charge in [-0.3, -0.25) is 9.78 Å². The third kappa shape index (κ3) is 6.79. The van der Waals surface area contributed by atoms with Crippen molar-refractivity contribution in [1.29, 1.82) is 0 Å². The van der Waals surface area contributed by atoms with Gasteiger partial charge in [-0.05, 0) is 57.0 Å². The zero-order chi connectivity index (χ0) is 22.5. The molecule has 2 aromatic rings. The molecule has 0 aliphatic heterocycles. The summed E-state index contributed by atoms with van der Waals surface area (Å²) < 4.78 is 32.4. The molecule has 0 saturated heterocycles. The van der Waals surface area contributed by atoms with E-state index in [1.807, 2.05) is 6.92 Å². The van der Waals surface area contributed by atoms with E-state index < -0.39 is 35.3 Å². The number of benzene rings is 1. The van der Waals surface area contributed by atoms with Crippen molar-refractivity contribution >= 4 is 17.7 Å². The van der Waals surface area contributed by atoms with Gasteiger partial charge in [-0.15, -0.1) is 0 Å². The van der Waals surface area contributed by atoms with Gasteiger partial charge >= 0.3 is 6.09 Å². The third-order valence-corrected chi connectivity index (χ3v) is 4.24. The lowest BCUT2D eigenvalue weighted by atomic mass is 10.0. The molecule has 1 heterocycles. The summed E-state index contributed by atoms with van der Waals surface area (Å²) in [6, 6.07) is 5.44. The second kappa shape index (κ2) is 9.65. The first kappa shape index (κ1) is 23.3. The van der Waals surface area contributed by atoms with Crippen molar-refractivity contribution in [3.63, 3.8) is 0 Å². The van der Waals surface area contributed by atoms with Gasteiger partial charge in [0.05, 0.1) is 11.9 Å². The summed E-state index contributed by atoms with van der Waals surface area (Å²) in [4.78, 5) is 31.0. The lowest BCUT2D eigenvalue weighted by Crippen LogP contribution is -2.50. The number of anilines is 1. The van der Waals surface area contributed by atoms with Gasteiger partial charge in [-0.25, -0.2) is 13.6 Å². The molecule has 0 aliphatic carbocycles. The normalized spacial score (nSPS) is 12.2. The summed E-state index contributed by atoms with van der Waals surface area (Å²) in [6.07, 6.45) is 1.40. The van der Waals surface area contributed by atoms with E-state index in [-0.39, 0.29) is 12.0 Å². The highest BCUT2D eigenvalue weighted by molar-refractivity contribution is 5.98. The highest BCUT2D eigenvalue weighted by atomic mass is 19.1.